The van der Waals surface area contributed by atoms with Crippen LogP contribution in [0.15, 0.2) is 30.3 Å². The van der Waals surface area contributed by atoms with Gasteiger partial charge < -0.3 is 5.32 Å². The van der Waals surface area contributed by atoms with Gasteiger partial charge in [-0.3, -0.25) is 4.79 Å². The van der Waals surface area contributed by atoms with Gasteiger partial charge in [0.2, 0.25) is 0 Å². The molecule has 2 aliphatic carbocycles. The first-order valence-corrected chi connectivity index (χ1v) is 9.50. The molecule has 0 radical (unpaired) electrons. The standard InChI is InChI=1S/C21H27N3O/c1-4-21(16-9-10-16,17-11-12-17)22-20(25)18-13-15(3)24(23-18)19-8-6-5-7-14(19)2/h5-8,13,16-17H,4,9-12H2,1-3H3,(H,22,25). The number of benzene rings is 1. The van der Waals surface area contributed by atoms with Gasteiger partial charge in [0.1, 0.15) is 0 Å². The SMILES string of the molecule is CCC(NC(=O)c1cc(C)n(-c2ccccc2C)n1)(C1CC1)C1CC1. The lowest BCUT2D eigenvalue weighted by molar-refractivity contribution is 0.0854. The van der Waals surface area contributed by atoms with Gasteiger partial charge in [-0.15, -0.1) is 0 Å². The lowest BCUT2D eigenvalue weighted by atomic mass is 9.84. The highest BCUT2D eigenvalue weighted by Gasteiger charge is 2.54. The van der Waals surface area contributed by atoms with E-state index in [0.29, 0.717) is 17.5 Å². The Labute approximate surface area is 149 Å². The first-order chi connectivity index (χ1) is 12.0. The van der Waals surface area contributed by atoms with E-state index in [9.17, 15) is 4.79 Å². The molecule has 25 heavy (non-hydrogen) atoms. The van der Waals surface area contributed by atoms with Crippen LogP contribution >= 0.6 is 0 Å². The second kappa shape index (κ2) is 6.01. The van der Waals surface area contributed by atoms with E-state index in [1.807, 2.05) is 35.9 Å². The third-order valence-corrected chi connectivity index (χ3v) is 6.01. The molecular formula is C21H27N3O. The van der Waals surface area contributed by atoms with Crippen molar-refractivity contribution in [2.24, 2.45) is 11.8 Å². The number of amides is 1. The number of aryl methyl sites for hydroxylation is 2. The normalized spacial score (nSPS) is 17.6. The molecule has 4 rings (SSSR count). The predicted octanol–water partition coefficient (Wildman–Crippen LogP) is 4.19. The average molecular weight is 337 g/mol. The summed E-state index contributed by atoms with van der Waals surface area (Å²) in [5.41, 5.74) is 3.70. The van der Waals surface area contributed by atoms with E-state index >= 15 is 0 Å². The van der Waals surface area contributed by atoms with Gasteiger partial charge in [-0.1, -0.05) is 25.1 Å². The molecule has 0 saturated heterocycles. The van der Waals surface area contributed by atoms with Crippen molar-refractivity contribution in [3.05, 3.63) is 47.3 Å². The van der Waals surface area contributed by atoms with Gasteiger partial charge in [-0.2, -0.15) is 5.10 Å². The first-order valence-electron chi connectivity index (χ1n) is 9.50. The summed E-state index contributed by atoms with van der Waals surface area (Å²) in [6.45, 7) is 6.29. The molecule has 2 aromatic rings. The Morgan fingerprint density at radius 2 is 1.84 bits per heavy atom. The second-order valence-electron chi connectivity index (χ2n) is 7.77. The Hall–Kier alpha value is -2.10. The molecule has 0 unspecified atom stereocenters. The van der Waals surface area contributed by atoms with Crippen molar-refractivity contribution in [1.82, 2.24) is 15.1 Å². The minimum atomic E-state index is -0.0175. The van der Waals surface area contributed by atoms with E-state index in [0.717, 1.165) is 23.4 Å². The quantitative estimate of drug-likeness (QED) is 0.859. The number of hydrogen-bond donors (Lipinski definition) is 1. The third kappa shape index (κ3) is 2.88. The summed E-state index contributed by atoms with van der Waals surface area (Å²) in [6.07, 6.45) is 6.02. The Kier molecular flexibility index (Phi) is 3.94. The second-order valence-corrected chi connectivity index (χ2v) is 7.77. The summed E-state index contributed by atoms with van der Waals surface area (Å²) in [7, 11) is 0. The van der Waals surface area contributed by atoms with Crippen molar-refractivity contribution in [3.63, 3.8) is 0 Å². The highest BCUT2D eigenvalue weighted by atomic mass is 16.2. The molecule has 132 valence electrons. The van der Waals surface area contributed by atoms with Gasteiger partial charge >= 0.3 is 0 Å². The minimum absolute atomic E-state index is 0.00255. The smallest absolute Gasteiger partial charge is 0.272 e. The van der Waals surface area contributed by atoms with Crippen LogP contribution < -0.4 is 5.32 Å². The fourth-order valence-corrected chi connectivity index (χ4v) is 4.31. The molecule has 2 fully saturated rings. The Morgan fingerprint density at radius 1 is 1.20 bits per heavy atom. The average Bonchev–Trinajstić information content (AvgIpc) is 3.51. The molecule has 2 aliphatic rings. The van der Waals surface area contributed by atoms with E-state index in [2.05, 4.69) is 30.3 Å². The molecule has 0 atom stereocenters. The number of hydrogen-bond acceptors (Lipinski definition) is 2. The molecule has 1 heterocycles. The van der Waals surface area contributed by atoms with Crippen molar-refractivity contribution < 1.29 is 4.79 Å². The van der Waals surface area contributed by atoms with Crippen LogP contribution in [0, 0.1) is 25.7 Å². The summed E-state index contributed by atoms with van der Waals surface area (Å²) >= 11 is 0. The van der Waals surface area contributed by atoms with E-state index in [-0.39, 0.29) is 11.4 Å². The van der Waals surface area contributed by atoms with E-state index in [4.69, 9.17) is 0 Å². The maximum atomic E-state index is 13.0. The number of aromatic nitrogens is 2. The zero-order valence-electron chi connectivity index (χ0n) is 15.4. The first kappa shape index (κ1) is 16.4. The van der Waals surface area contributed by atoms with Crippen LogP contribution in [-0.4, -0.2) is 21.2 Å². The monoisotopic (exact) mass is 337 g/mol. The van der Waals surface area contributed by atoms with Crippen molar-refractivity contribution in [2.75, 3.05) is 0 Å². The minimum Gasteiger partial charge on any atom is -0.345 e. The zero-order valence-corrected chi connectivity index (χ0v) is 15.4. The molecule has 1 N–H and O–H groups in total. The van der Waals surface area contributed by atoms with Gasteiger partial charge in [0.25, 0.3) is 5.91 Å². The van der Waals surface area contributed by atoms with Gasteiger partial charge in [0, 0.05) is 11.2 Å². The lowest BCUT2D eigenvalue weighted by Gasteiger charge is -2.34. The molecule has 0 spiro atoms. The summed E-state index contributed by atoms with van der Waals surface area (Å²) in [6, 6.07) is 10.0. The summed E-state index contributed by atoms with van der Waals surface area (Å²) in [5.74, 6) is 1.30. The predicted molar refractivity (Wildman–Crippen MR) is 99.0 cm³/mol. The van der Waals surface area contributed by atoms with Crippen molar-refractivity contribution in [2.45, 2.75) is 58.4 Å². The molecule has 4 heteroatoms. The van der Waals surface area contributed by atoms with Crippen LogP contribution in [0.1, 0.15) is 60.8 Å². The molecule has 2 saturated carbocycles. The zero-order chi connectivity index (χ0) is 17.6. The molecular weight excluding hydrogens is 310 g/mol. The lowest BCUT2D eigenvalue weighted by Crippen LogP contribution is -2.52. The number of nitrogens with one attached hydrogen (secondary N) is 1. The van der Waals surface area contributed by atoms with E-state index < -0.39 is 0 Å². The Bertz CT molecular complexity index is 787. The van der Waals surface area contributed by atoms with Crippen LogP contribution in [0.25, 0.3) is 5.69 Å². The van der Waals surface area contributed by atoms with Crippen LogP contribution in [0.3, 0.4) is 0 Å². The van der Waals surface area contributed by atoms with Gasteiger partial charge in [0.05, 0.1) is 5.69 Å². The van der Waals surface area contributed by atoms with E-state index in [1.54, 1.807) is 0 Å². The van der Waals surface area contributed by atoms with Gasteiger partial charge in [0.15, 0.2) is 5.69 Å². The maximum absolute atomic E-state index is 13.0. The number of rotatable bonds is 6. The number of nitrogens with zero attached hydrogens (tertiary/aromatic N) is 2. The largest absolute Gasteiger partial charge is 0.345 e. The van der Waals surface area contributed by atoms with Gasteiger partial charge in [-0.05, 0) is 75.5 Å². The molecule has 0 bridgehead atoms. The van der Waals surface area contributed by atoms with Gasteiger partial charge in [-0.25, -0.2) is 4.68 Å². The van der Waals surface area contributed by atoms with Crippen molar-refractivity contribution in [3.8, 4) is 5.69 Å². The summed E-state index contributed by atoms with van der Waals surface area (Å²) in [4.78, 5) is 13.0. The topological polar surface area (TPSA) is 46.9 Å². The van der Waals surface area contributed by atoms with E-state index in [1.165, 1.54) is 25.7 Å². The summed E-state index contributed by atoms with van der Waals surface area (Å²) in [5, 5.41) is 8.04. The number of para-hydroxylation sites is 1. The summed E-state index contributed by atoms with van der Waals surface area (Å²) < 4.78 is 1.88. The Morgan fingerprint density at radius 3 is 2.40 bits per heavy atom. The Balaban J connectivity index is 1.61. The molecule has 1 aromatic carbocycles. The molecule has 1 amide bonds. The molecule has 4 nitrogen and oxygen atoms in total. The number of carbonyl (C=O) groups excluding carboxylic acids is 1. The van der Waals surface area contributed by atoms with Crippen LogP contribution in [0.4, 0.5) is 0 Å². The molecule has 0 aliphatic heterocycles. The number of carbonyl (C=O) groups is 1. The fraction of sp³-hybridized carbons (Fsp3) is 0.524. The van der Waals surface area contributed by atoms with Crippen molar-refractivity contribution in [1.29, 1.82) is 0 Å². The van der Waals surface area contributed by atoms with Crippen molar-refractivity contribution >= 4 is 5.91 Å². The maximum Gasteiger partial charge on any atom is 0.272 e. The highest BCUT2D eigenvalue weighted by Crippen LogP contribution is 2.53. The fourth-order valence-electron chi connectivity index (χ4n) is 4.31. The van der Waals surface area contributed by atoms with Crippen LogP contribution in [0.5, 0.6) is 0 Å². The van der Waals surface area contributed by atoms with Crippen LogP contribution in [0.2, 0.25) is 0 Å². The molecule has 1 aromatic heterocycles. The third-order valence-electron chi connectivity index (χ3n) is 6.01. The van der Waals surface area contributed by atoms with Crippen LogP contribution in [-0.2, 0) is 0 Å². The highest BCUT2D eigenvalue weighted by molar-refractivity contribution is 5.93.